The molecular formula is C11H13FN2O2. The highest BCUT2D eigenvalue weighted by molar-refractivity contribution is 5.94. The van der Waals surface area contributed by atoms with Crippen molar-refractivity contribution in [1.29, 1.82) is 0 Å². The summed E-state index contributed by atoms with van der Waals surface area (Å²) in [5.74, 6) is -0.573. The zero-order chi connectivity index (χ0) is 11.4. The Balaban J connectivity index is 1.96. The Bertz CT molecular complexity index is 378. The molecule has 1 atom stereocenters. The Morgan fingerprint density at radius 3 is 3.12 bits per heavy atom. The first-order valence-corrected chi connectivity index (χ1v) is 5.13. The molecule has 1 amide bonds. The number of amides is 1. The molecule has 86 valence electrons. The maximum Gasteiger partial charge on any atom is 0.243 e. The number of carbonyl (C=O) groups is 1. The highest BCUT2D eigenvalue weighted by Crippen LogP contribution is 2.09. The van der Waals surface area contributed by atoms with Crippen LogP contribution >= 0.6 is 0 Å². The molecule has 1 aliphatic rings. The van der Waals surface area contributed by atoms with E-state index in [1.165, 1.54) is 12.1 Å². The van der Waals surface area contributed by atoms with E-state index in [4.69, 9.17) is 4.74 Å². The molecule has 1 aromatic rings. The monoisotopic (exact) mass is 224 g/mol. The van der Waals surface area contributed by atoms with Crippen LogP contribution in [0.4, 0.5) is 10.1 Å². The molecule has 0 aromatic heterocycles. The van der Waals surface area contributed by atoms with E-state index in [2.05, 4.69) is 10.6 Å². The minimum absolute atomic E-state index is 0.203. The lowest BCUT2D eigenvalue weighted by molar-refractivity contribution is -0.120. The molecule has 1 fully saturated rings. The first-order valence-electron chi connectivity index (χ1n) is 5.13. The summed E-state index contributed by atoms with van der Waals surface area (Å²) >= 11 is 0. The average Bonchev–Trinajstić information content (AvgIpc) is 2.30. The molecular weight excluding hydrogens is 211 g/mol. The quantitative estimate of drug-likeness (QED) is 0.779. The van der Waals surface area contributed by atoms with Crippen LogP contribution in [0.3, 0.4) is 0 Å². The Kier molecular flexibility index (Phi) is 3.48. The molecule has 4 nitrogen and oxygen atoms in total. The van der Waals surface area contributed by atoms with Crippen molar-refractivity contribution in [2.24, 2.45) is 0 Å². The maximum atomic E-state index is 12.9. The highest BCUT2D eigenvalue weighted by atomic mass is 19.1. The van der Waals surface area contributed by atoms with Crippen molar-refractivity contribution in [3.8, 4) is 0 Å². The topological polar surface area (TPSA) is 50.4 Å². The third-order valence-corrected chi connectivity index (χ3v) is 2.33. The lowest BCUT2D eigenvalue weighted by Gasteiger charge is -2.22. The predicted octanol–water partition coefficient (Wildman–Crippen LogP) is 0.753. The fourth-order valence-corrected chi connectivity index (χ4v) is 1.53. The molecule has 5 heteroatoms. The predicted molar refractivity (Wildman–Crippen MR) is 57.6 cm³/mol. The van der Waals surface area contributed by atoms with Crippen LogP contribution in [0.25, 0.3) is 0 Å². The van der Waals surface area contributed by atoms with E-state index in [1.54, 1.807) is 12.1 Å². The van der Waals surface area contributed by atoms with E-state index < -0.39 is 0 Å². The summed E-state index contributed by atoms with van der Waals surface area (Å²) in [4.78, 5) is 11.7. The van der Waals surface area contributed by atoms with Crippen LogP contribution < -0.4 is 10.6 Å². The Morgan fingerprint density at radius 2 is 2.44 bits per heavy atom. The van der Waals surface area contributed by atoms with Crippen LogP contribution in [0.2, 0.25) is 0 Å². The zero-order valence-electron chi connectivity index (χ0n) is 8.70. The number of halogens is 1. The van der Waals surface area contributed by atoms with E-state index in [-0.39, 0.29) is 17.8 Å². The SMILES string of the molecule is O=C(Nc1cccc(F)c1)C1COCCN1. The van der Waals surface area contributed by atoms with Gasteiger partial charge in [-0.25, -0.2) is 4.39 Å². The van der Waals surface area contributed by atoms with Gasteiger partial charge in [0, 0.05) is 12.2 Å². The van der Waals surface area contributed by atoms with Crippen molar-refractivity contribution in [3.63, 3.8) is 0 Å². The smallest absolute Gasteiger partial charge is 0.243 e. The second kappa shape index (κ2) is 5.05. The summed E-state index contributed by atoms with van der Waals surface area (Å²) in [7, 11) is 0. The van der Waals surface area contributed by atoms with Crippen molar-refractivity contribution in [2.75, 3.05) is 25.1 Å². The van der Waals surface area contributed by atoms with Gasteiger partial charge in [-0.3, -0.25) is 4.79 Å². The van der Waals surface area contributed by atoms with Gasteiger partial charge in [0.1, 0.15) is 11.9 Å². The first kappa shape index (κ1) is 11.0. The van der Waals surface area contributed by atoms with Crippen LogP contribution in [0.1, 0.15) is 0 Å². The van der Waals surface area contributed by atoms with E-state index in [9.17, 15) is 9.18 Å². The van der Waals surface area contributed by atoms with Crippen molar-refractivity contribution in [1.82, 2.24) is 5.32 Å². The second-order valence-corrected chi connectivity index (χ2v) is 3.58. The first-order chi connectivity index (χ1) is 7.75. The van der Waals surface area contributed by atoms with Crippen molar-refractivity contribution < 1.29 is 13.9 Å². The van der Waals surface area contributed by atoms with Gasteiger partial charge in [0.05, 0.1) is 13.2 Å². The molecule has 0 radical (unpaired) electrons. The van der Waals surface area contributed by atoms with Gasteiger partial charge in [-0.2, -0.15) is 0 Å². The summed E-state index contributed by atoms with van der Waals surface area (Å²) in [5, 5.41) is 5.65. The number of rotatable bonds is 2. The van der Waals surface area contributed by atoms with Gasteiger partial charge in [-0.1, -0.05) is 6.07 Å². The van der Waals surface area contributed by atoms with Gasteiger partial charge < -0.3 is 15.4 Å². The summed E-state index contributed by atoms with van der Waals surface area (Å²) in [5.41, 5.74) is 0.456. The summed E-state index contributed by atoms with van der Waals surface area (Å²) in [6, 6.07) is 5.44. The van der Waals surface area contributed by atoms with E-state index >= 15 is 0 Å². The van der Waals surface area contributed by atoms with E-state index in [0.29, 0.717) is 25.4 Å². The average molecular weight is 224 g/mol. The third kappa shape index (κ3) is 2.77. The van der Waals surface area contributed by atoms with Gasteiger partial charge in [0.15, 0.2) is 0 Å². The number of ether oxygens (including phenoxy) is 1. The van der Waals surface area contributed by atoms with Gasteiger partial charge in [0.25, 0.3) is 0 Å². The second-order valence-electron chi connectivity index (χ2n) is 3.58. The standard InChI is InChI=1S/C11H13FN2O2/c12-8-2-1-3-9(6-8)14-11(15)10-7-16-5-4-13-10/h1-3,6,10,13H,4-5,7H2,(H,14,15). The third-order valence-electron chi connectivity index (χ3n) is 2.33. The fraction of sp³-hybridized carbons (Fsp3) is 0.364. The number of hydrogen-bond donors (Lipinski definition) is 2. The highest BCUT2D eigenvalue weighted by Gasteiger charge is 2.20. The number of morpholine rings is 1. The largest absolute Gasteiger partial charge is 0.378 e. The van der Waals surface area contributed by atoms with Crippen LogP contribution in [0.5, 0.6) is 0 Å². The zero-order valence-corrected chi connectivity index (χ0v) is 8.70. The molecule has 2 rings (SSSR count). The number of nitrogens with one attached hydrogen (secondary N) is 2. The Labute approximate surface area is 92.8 Å². The molecule has 0 aliphatic carbocycles. The number of hydrogen-bond acceptors (Lipinski definition) is 3. The van der Waals surface area contributed by atoms with Gasteiger partial charge in [0.2, 0.25) is 5.91 Å². The van der Waals surface area contributed by atoms with Crippen molar-refractivity contribution >= 4 is 11.6 Å². The maximum absolute atomic E-state index is 12.9. The molecule has 0 spiro atoms. The minimum atomic E-state index is -0.370. The van der Waals surface area contributed by atoms with Gasteiger partial charge in [-0.15, -0.1) is 0 Å². The number of benzene rings is 1. The Morgan fingerprint density at radius 1 is 1.56 bits per heavy atom. The molecule has 1 unspecified atom stereocenters. The molecule has 1 aliphatic heterocycles. The molecule has 0 saturated carbocycles. The van der Waals surface area contributed by atoms with Gasteiger partial charge >= 0.3 is 0 Å². The van der Waals surface area contributed by atoms with Crippen LogP contribution in [-0.2, 0) is 9.53 Å². The van der Waals surface area contributed by atoms with Crippen molar-refractivity contribution in [3.05, 3.63) is 30.1 Å². The van der Waals surface area contributed by atoms with Crippen LogP contribution in [0.15, 0.2) is 24.3 Å². The lowest BCUT2D eigenvalue weighted by atomic mass is 10.2. The minimum Gasteiger partial charge on any atom is -0.378 e. The summed E-state index contributed by atoms with van der Waals surface area (Å²) < 4.78 is 18.0. The normalized spacial score (nSPS) is 20.4. The molecule has 2 N–H and O–H groups in total. The molecule has 0 bridgehead atoms. The van der Waals surface area contributed by atoms with E-state index in [0.717, 1.165) is 0 Å². The summed E-state index contributed by atoms with van der Waals surface area (Å²) in [6.45, 7) is 1.62. The number of anilines is 1. The van der Waals surface area contributed by atoms with Crippen LogP contribution in [-0.4, -0.2) is 31.7 Å². The number of carbonyl (C=O) groups excluding carboxylic acids is 1. The molecule has 16 heavy (non-hydrogen) atoms. The van der Waals surface area contributed by atoms with Gasteiger partial charge in [-0.05, 0) is 18.2 Å². The molecule has 1 aromatic carbocycles. The Hall–Kier alpha value is -1.46. The van der Waals surface area contributed by atoms with E-state index in [1.807, 2.05) is 0 Å². The van der Waals surface area contributed by atoms with Crippen LogP contribution in [0, 0.1) is 5.82 Å². The summed E-state index contributed by atoms with van der Waals surface area (Å²) in [6.07, 6.45) is 0. The molecule has 1 saturated heterocycles. The fourth-order valence-electron chi connectivity index (χ4n) is 1.53. The molecule has 1 heterocycles. The van der Waals surface area contributed by atoms with Crippen molar-refractivity contribution in [2.45, 2.75) is 6.04 Å². The lowest BCUT2D eigenvalue weighted by Crippen LogP contribution is -2.48.